The van der Waals surface area contributed by atoms with Gasteiger partial charge in [0.2, 0.25) is 0 Å². The Morgan fingerprint density at radius 1 is 1.36 bits per heavy atom. The van der Waals surface area contributed by atoms with Crippen molar-refractivity contribution in [3.8, 4) is 0 Å². The number of hydrogen-bond acceptors (Lipinski definition) is 3. The van der Waals surface area contributed by atoms with Crippen molar-refractivity contribution in [1.82, 2.24) is 10.3 Å². The van der Waals surface area contributed by atoms with Crippen LogP contribution in [-0.2, 0) is 9.53 Å². The molecule has 118 valence electrons. The van der Waals surface area contributed by atoms with Gasteiger partial charge in [-0.15, -0.1) is 0 Å². The molecule has 2 rings (SSSR count). The van der Waals surface area contributed by atoms with Gasteiger partial charge in [0.05, 0.1) is 18.6 Å². The van der Waals surface area contributed by atoms with Crippen molar-refractivity contribution in [3.63, 3.8) is 0 Å². The van der Waals surface area contributed by atoms with Crippen molar-refractivity contribution < 1.29 is 19.4 Å². The standard InChI is InChI=1S/C16H20N2O4/c1-10-4-5-12-11(6-10)7-13(17-12)15(21)18-16(2,9-22-3)8-14(19)20/h4-7,17H,8-9H2,1-3H3,(H,18,21)(H,19,20). The van der Waals surface area contributed by atoms with Gasteiger partial charge in [-0.2, -0.15) is 0 Å². The van der Waals surface area contributed by atoms with E-state index in [1.807, 2.05) is 25.1 Å². The first kappa shape index (κ1) is 16.0. The number of aromatic amines is 1. The van der Waals surface area contributed by atoms with Gasteiger partial charge < -0.3 is 20.1 Å². The molecule has 1 aromatic heterocycles. The third kappa shape index (κ3) is 3.65. The summed E-state index contributed by atoms with van der Waals surface area (Å²) >= 11 is 0. The van der Waals surface area contributed by atoms with Crippen LogP contribution in [0.25, 0.3) is 10.9 Å². The maximum absolute atomic E-state index is 12.4. The maximum Gasteiger partial charge on any atom is 0.305 e. The molecule has 22 heavy (non-hydrogen) atoms. The molecular weight excluding hydrogens is 284 g/mol. The zero-order valence-electron chi connectivity index (χ0n) is 12.9. The zero-order valence-corrected chi connectivity index (χ0v) is 12.9. The monoisotopic (exact) mass is 304 g/mol. The summed E-state index contributed by atoms with van der Waals surface area (Å²) in [5, 5.41) is 12.7. The summed E-state index contributed by atoms with van der Waals surface area (Å²) in [6.07, 6.45) is -0.216. The molecule has 0 aliphatic carbocycles. The van der Waals surface area contributed by atoms with E-state index < -0.39 is 11.5 Å². The van der Waals surface area contributed by atoms with E-state index in [0.717, 1.165) is 16.5 Å². The molecule has 1 aromatic carbocycles. The number of carbonyl (C=O) groups excluding carboxylic acids is 1. The summed E-state index contributed by atoms with van der Waals surface area (Å²) in [5.41, 5.74) is 1.40. The van der Waals surface area contributed by atoms with Gasteiger partial charge >= 0.3 is 5.97 Å². The van der Waals surface area contributed by atoms with E-state index in [0.29, 0.717) is 5.69 Å². The van der Waals surface area contributed by atoms with Crippen molar-refractivity contribution in [2.75, 3.05) is 13.7 Å². The number of ether oxygens (including phenoxy) is 1. The third-order valence-electron chi connectivity index (χ3n) is 3.44. The lowest BCUT2D eigenvalue weighted by Crippen LogP contribution is -2.50. The van der Waals surface area contributed by atoms with E-state index in [4.69, 9.17) is 9.84 Å². The van der Waals surface area contributed by atoms with Gasteiger partial charge in [0.25, 0.3) is 5.91 Å². The molecule has 0 fully saturated rings. The molecule has 0 aliphatic rings. The number of aliphatic carboxylic acids is 1. The summed E-state index contributed by atoms with van der Waals surface area (Å²) in [7, 11) is 1.47. The van der Waals surface area contributed by atoms with Crippen LogP contribution in [0, 0.1) is 6.92 Å². The number of aromatic nitrogens is 1. The van der Waals surface area contributed by atoms with Crippen LogP contribution in [0.1, 0.15) is 29.4 Å². The number of carboxylic acids is 1. The Balaban J connectivity index is 2.22. The van der Waals surface area contributed by atoms with Crippen LogP contribution in [0.5, 0.6) is 0 Å². The summed E-state index contributed by atoms with van der Waals surface area (Å²) in [4.78, 5) is 26.4. The topological polar surface area (TPSA) is 91.4 Å². The number of amides is 1. The zero-order chi connectivity index (χ0) is 16.3. The van der Waals surface area contributed by atoms with Gasteiger partial charge in [0.1, 0.15) is 5.69 Å². The number of nitrogens with one attached hydrogen (secondary N) is 2. The Labute approximate surface area is 128 Å². The normalized spacial score (nSPS) is 13.8. The Hall–Kier alpha value is -2.34. The minimum Gasteiger partial charge on any atom is -0.481 e. The first-order valence-corrected chi connectivity index (χ1v) is 6.95. The second-order valence-electron chi connectivity index (χ2n) is 5.79. The lowest BCUT2D eigenvalue weighted by Gasteiger charge is -2.28. The highest BCUT2D eigenvalue weighted by molar-refractivity contribution is 5.98. The highest BCUT2D eigenvalue weighted by atomic mass is 16.5. The molecule has 2 aromatic rings. The van der Waals surface area contributed by atoms with Crippen molar-refractivity contribution in [2.24, 2.45) is 0 Å². The molecule has 1 heterocycles. The smallest absolute Gasteiger partial charge is 0.305 e. The van der Waals surface area contributed by atoms with Gasteiger partial charge in [-0.1, -0.05) is 11.6 Å². The summed E-state index contributed by atoms with van der Waals surface area (Å²) in [6.45, 7) is 3.74. The van der Waals surface area contributed by atoms with Gasteiger partial charge in [0, 0.05) is 18.0 Å². The minimum absolute atomic E-state index is 0.115. The van der Waals surface area contributed by atoms with E-state index in [9.17, 15) is 9.59 Å². The van der Waals surface area contributed by atoms with Crippen LogP contribution in [0.3, 0.4) is 0 Å². The second kappa shape index (κ2) is 6.19. The van der Waals surface area contributed by atoms with Crippen LogP contribution in [0.15, 0.2) is 24.3 Å². The van der Waals surface area contributed by atoms with E-state index in [2.05, 4.69) is 10.3 Å². The summed E-state index contributed by atoms with van der Waals surface area (Å²) in [5.74, 6) is -1.35. The van der Waals surface area contributed by atoms with Gasteiger partial charge in [-0.3, -0.25) is 9.59 Å². The lowest BCUT2D eigenvalue weighted by molar-refractivity contribution is -0.139. The predicted octanol–water partition coefficient (Wildman–Crippen LogP) is 2.09. The van der Waals surface area contributed by atoms with Crippen LogP contribution < -0.4 is 5.32 Å². The van der Waals surface area contributed by atoms with Crippen LogP contribution in [0.2, 0.25) is 0 Å². The van der Waals surface area contributed by atoms with Crippen molar-refractivity contribution in [3.05, 3.63) is 35.5 Å². The van der Waals surface area contributed by atoms with Crippen molar-refractivity contribution in [2.45, 2.75) is 25.8 Å². The van der Waals surface area contributed by atoms with E-state index in [1.54, 1.807) is 13.0 Å². The van der Waals surface area contributed by atoms with Gasteiger partial charge in [-0.25, -0.2) is 0 Å². The molecule has 6 nitrogen and oxygen atoms in total. The lowest BCUT2D eigenvalue weighted by atomic mass is 9.98. The third-order valence-corrected chi connectivity index (χ3v) is 3.44. The van der Waals surface area contributed by atoms with Crippen LogP contribution in [0.4, 0.5) is 0 Å². The molecule has 3 N–H and O–H groups in total. The second-order valence-corrected chi connectivity index (χ2v) is 5.79. The minimum atomic E-state index is -0.993. The quantitative estimate of drug-likeness (QED) is 0.762. The fourth-order valence-electron chi connectivity index (χ4n) is 2.50. The largest absolute Gasteiger partial charge is 0.481 e. The maximum atomic E-state index is 12.4. The number of rotatable bonds is 6. The Bertz CT molecular complexity index is 707. The number of methoxy groups -OCH3 is 1. The molecule has 1 unspecified atom stereocenters. The van der Waals surface area contributed by atoms with E-state index in [1.165, 1.54) is 7.11 Å². The number of H-pyrrole nitrogens is 1. The molecule has 1 amide bonds. The molecule has 0 bridgehead atoms. The molecular formula is C16H20N2O4. The van der Waals surface area contributed by atoms with Gasteiger partial charge in [0.15, 0.2) is 0 Å². The molecule has 0 aliphatic heterocycles. The molecule has 0 radical (unpaired) electrons. The van der Waals surface area contributed by atoms with Crippen molar-refractivity contribution in [1.29, 1.82) is 0 Å². The Morgan fingerprint density at radius 3 is 2.73 bits per heavy atom. The number of hydrogen-bond donors (Lipinski definition) is 3. The highest BCUT2D eigenvalue weighted by Gasteiger charge is 2.30. The fourth-order valence-corrected chi connectivity index (χ4v) is 2.50. The first-order chi connectivity index (χ1) is 10.3. The number of benzene rings is 1. The molecule has 0 saturated heterocycles. The van der Waals surface area contributed by atoms with Crippen LogP contribution in [-0.4, -0.2) is 41.2 Å². The van der Waals surface area contributed by atoms with Crippen LogP contribution >= 0.6 is 0 Å². The molecule has 0 saturated carbocycles. The number of carboxylic acid groups (broad SMARTS) is 1. The van der Waals surface area contributed by atoms with E-state index >= 15 is 0 Å². The highest BCUT2D eigenvalue weighted by Crippen LogP contribution is 2.18. The first-order valence-electron chi connectivity index (χ1n) is 6.95. The molecule has 6 heteroatoms. The number of carbonyl (C=O) groups is 2. The predicted molar refractivity (Wildman–Crippen MR) is 83.0 cm³/mol. The van der Waals surface area contributed by atoms with Gasteiger partial charge in [-0.05, 0) is 32.0 Å². The number of fused-ring (bicyclic) bond motifs is 1. The summed E-state index contributed by atoms with van der Waals surface area (Å²) in [6, 6.07) is 7.60. The summed E-state index contributed by atoms with van der Waals surface area (Å²) < 4.78 is 5.03. The molecule has 1 atom stereocenters. The molecule has 0 spiro atoms. The Morgan fingerprint density at radius 2 is 2.09 bits per heavy atom. The fraction of sp³-hybridized carbons (Fsp3) is 0.375. The average molecular weight is 304 g/mol. The SMILES string of the molecule is COCC(C)(CC(=O)O)NC(=O)c1cc2cc(C)ccc2[nH]1. The Kier molecular flexibility index (Phi) is 4.51. The van der Waals surface area contributed by atoms with E-state index in [-0.39, 0.29) is 18.9 Å². The van der Waals surface area contributed by atoms with Crippen molar-refractivity contribution >= 4 is 22.8 Å². The average Bonchev–Trinajstić information content (AvgIpc) is 2.80. The number of aryl methyl sites for hydroxylation is 1.